The van der Waals surface area contributed by atoms with Gasteiger partial charge in [-0.05, 0) is 25.0 Å². The van der Waals surface area contributed by atoms with Gasteiger partial charge in [-0.3, -0.25) is 4.99 Å². The maximum Gasteiger partial charge on any atom is 0.242 e. The van der Waals surface area contributed by atoms with Gasteiger partial charge in [-0.15, -0.1) is 5.11 Å². The second-order valence-corrected chi connectivity index (χ2v) is 11.8. The topological polar surface area (TPSA) is 243 Å². The second-order valence-electron chi connectivity index (χ2n) is 8.53. The summed E-state index contributed by atoms with van der Waals surface area (Å²) in [5.41, 5.74) is 11.2. The normalized spacial score (nSPS) is 20.6. The van der Waals surface area contributed by atoms with E-state index in [9.17, 15) is 21.9 Å². The molecule has 17 heteroatoms. The van der Waals surface area contributed by atoms with Gasteiger partial charge < -0.3 is 26.8 Å². The third-order valence-electron chi connectivity index (χ3n) is 6.13. The lowest BCUT2D eigenvalue weighted by atomic mass is 9.88. The van der Waals surface area contributed by atoms with E-state index in [1.54, 1.807) is 0 Å². The minimum Gasteiger partial charge on any atom is -0.390 e. The number of anilines is 1. The van der Waals surface area contributed by atoms with Crippen LogP contribution in [0.2, 0.25) is 0 Å². The zero-order chi connectivity index (χ0) is 25.4. The zero-order valence-corrected chi connectivity index (χ0v) is 20.4. The van der Waals surface area contributed by atoms with Crippen LogP contribution in [0, 0.1) is 0 Å². The third kappa shape index (κ3) is 5.14. The number of rotatable bonds is 8. The molecule has 0 aromatic heterocycles. The standard InChI is InChI=1S/C18H28N10O5S2/c19-7-11(29)8-25-35(32,33)13-2-1-12(14(15(13)34(21,30)31)16-23-10-24-27-16)28-5-3-18(4-6-28)9-22-17(20)26-18/h1-2,11,25,29H,3-10,19H2,(H3,20,22,26)(H2,21,30,31)/t11-/m1/s1. The number of aliphatic imine (C=N–C) groups is 2. The van der Waals surface area contributed by atoms with E-state index in [4.69, 9.17) is 16.6 Å². The van der Waals surface area contributed by atoms with Gasteiger partial charge in [0.2, 0.25) is 20.0 Å². The van der Waals surface area contributed by atoms with Crippen LogP contribution in [0.15, 0.2) is 42.1 Å². The fourth-order valence-electron chi connectivity index (χ4n) is 4.30. The van der Waals surface area contributed by atoms with Gasteiger partial charge >= 0.3 is 0 Å². The molecule has 1 aromatic carbocycles. The molecule has 9 N–H and O–H groups in total. The van der Waals surface area contributed by atoms with Crippen LogP contribution in [-0.2, 0) is 20.0 Å². The van der Waals surface area contributed by atoms with Gasteiger partial charge in [0, 0.05) is 31.9 Å². The van der Waals surface area contributed by atoms with Crippen molar-refractivity contribution in [1.82, 2.24) is 10.0 Å². The van der Waals surface area contributed by atoms with Crippen LogP contribution in [-0.4, -0.2) is 84.8 Å². The predicted molar refractivity (Wildman–Crippen MR) is 128 cm³/mol. The molecule has 0 radical (unpaired) electrons. The van der Waals surface area contributed by atoms with E-state index in [1.165, 1.54) is 12.1 Å². The van der Waals surface area contributed by atoms with E-state index < -0.39 is 42.5 Å². The summed E-state index contributed by atoms with van der Waals surface area (Å²) >= 11 is 0. The van der Waals surface area contributed by atoms with E-state index in [-0.39, 0.29) is 30.2 Å². The first-order chi connectivity index (χ1) is 16.5. The van der Waals surface area contributed by atoms with Crippen molar-refractivity contribution in [2.45, 2.75) is 34.3 Å². The van der Waals surface area contributed by atoms with Gasteiger partial charge in [0.1, 0.15) is 9.79 Å². The maximum atomic E-state index is 13.1. The lowest BCUT2D eigenvalue weighted by Gasteiger charge is -2.40. The Hall–Kier alpha value is -2.70. The number of nitrogens with two attached hydrogens (primary N) is 3. The highest BCUT2D eigenvalue weighted by atomic mass is 32.2. The highest BCUT2D eigenvalue weighted by Crippen LogP contribution is 2.37. The number of benzene rings is 1. The Balaban J connectivity index is 1.78. The third-order valence-corrected chi connectivity index (χ3v) is 8.72. The summed E-state index contributed by atoms with van der Waals surface area (Å²) in [6.07, 6.45) is 0.166. The van der Waals surface area contributed by atoms with Crippen LogP contribution in [0.25, 0.3) is 0 Å². The van der Waals surface area contributed by atoms with Crippen molar-refractivity contribution in [3.05, 3.63) is 17.7 Å². The number of piperidine rings is 1. The molecule has 0 bridgehead atoms. The van der Waals surface area contributed by atoms with Gasteiger partial charge in [-0.1, -0.05) is 0 Å². The Bertz CT molecular complexity index is 1300. The maximum absolute atomic E-state index is 13.1. The Morgan fingerprint density at radius 3 is 2.46 bits per heavy atom. The van der Waals surface area contributed by atoms with Crippen LogP contribution in [0.1, 0.15) is 18.4 Å². The van der Waals surface area contributed by atoms with Crippen LogP contribution in [0.4, 0.5) is 5.69 Å². The Labute approximate surface area is 202 Å². The first kappa shape index (κ1) is 25.4. The lowest BCUT2D eigenvalue weighted by molar-refractivity contribution is 0.186. The summed E-state index contributed by atoms with van der Waals surface area (Å²) in [5, 5.41) is 26.2. The zero-order valence-electron chi connectivity index (χ0n) is 18.8. The monoisotopic (exact) mass is 528 g/mol. The molecule has 15 nitrogen and oxygen atoms in total. The summed E-state index contributed by atoms with van der Waals surface area (Å²) in [6, 6.07) is 2.67. The smallest absolute Gasteiger partial charge is 0.242 e. The SMILES string of the molecule is NC[C@@H](O)CNS(=O)(=O)c1ccc(N2CCC3(CC2)CN=C(N)N3)c(C2=NCN=N2)c1S(N)(=O)=O. The minimum absolute atomic E-state index is 0.0274. The number of azo groups is 1. The molecule has 3 aliphatic rings. The number of hydrogen-bond donors (Lipinski definition) is 6. The van der Waals surface area contributed by atoms with E-state index in [1.807, 2.05) is 4.90 Å². The number of hydrogen-bond acceptors (Lipinski definition) is 13. The van der Waals surface area contributed by atoms with Gasteiger partial charge in [-0.25, -0.2) is 31.7 Å². The van der Waals surface area contributed by atoms with Crippen LogP contribution >= 0.6 is 0 Å². The molecule has 1 saturated heterocycles. The molecule has 3 heterocycles. The molecule has 1 aromatic rings. The molecule has 0 saturated carbocycles. The first-order valence-corrected chi connectivity index (χ1v) is 13.8. The fraction of sp³-hybridized carbons (Fsp3) is 0.556. The van der Waals surface area contributed by atoms with Gasteiger partial charge in [-0.2, -0.15) is 5.11 Å². The summed E-state index contributed by atoms with van der Waals surface area (Å²) in [7, 11) is -8.99. The Morgan fingerprint density at radius 1 is 1.20 bits per heavy atom. The van der Waals surface area contributed by atoms with Crippen molar-refractivity contribution in [2.24, 2.45) is 36.8 Å². The largest absolute Gasteiger partial charge is 0.390 e. The molecule has 4 rings (SSSR count). The van der Waals surface area contributed by atoms with Gasteiger partial charge in [0.15, 0.2) is 18.5 Å². The molecule has 0 aliphatic carbocycles. The average Bonchev–Trinajstić information content (AvgIpc) is 3.47. The molecule has 0 amide bonds. The summed E-state index contributed by atoms with van der Waals surface area (Å²) in [6.45, 7) is 0.927. The van der Waals surface area contributed by atoms with E-state index in [2.05, 4.69) is 30.3 Å². The number of guanidine groups is 1. The molecular weight excluding hydrogens is 500 g/mol. The number of primary sulfonamides is 1. The lowest BCUT2D eigenvalue weighted by Crippen LogP contribution is -2.55. The predicted octanol–water partition coefficient (Wildman–Crippen LogP) is -2.64. The fourth-order valence-corrected chi connectivity index (χ4v) is 6.96. The molecule has 0 unspecified atom stereocenters. The summed E-state index contributed by atoms with van der Waals surface area (Å²) in [4.78, 5) is 9.07. The van der Waals surface area contributed by atoms with Gasteiger partial charge in [0.05, 0.1) is 23.8 Å². The van der Waals surface area contributed by atoms with Crippen molar-refractivity contribution in [1.29, 1.82) is 0 Å². The molecule has 35 heavy (non-hydrogen) atoms. The van der Waals surface area contributed by atoms with Crippen LogP contribution in [0.5, 0.6) is 0 Å². The molecular formula is C18H28N10O5S2. The van der Waals surface area contributed by atoms with Crippen molar-refractivity contribution in [2.75, 3.05) is 44.3 Å². The number of sulfonamides is 2. The number of aliphatic hydroxyl groups is 1. The second kappa shape index (κ2) is 9.40. The summed E-state index contributed by atoms with van der Waals surface area (Å²) in [5.74, 6) is 0.355. The Kier molecular flexibility index (Phi) is 6.82. The molecule has 1 spiro atoms. The number of nitrogens with one attached hydrogen (secondary N) is 2. The van der Waals surface area contributed by atoms with Crippen molar-refractivity contribution in [3.8, 4) is 0 Å². The highest BCUT2D eigenvalue weighted by Gasteiger charge is 2.40. The van der Waals surface area contributed by atoms with Crippen LogP contribution in [0.3, 0.4) is 0 Å². The minimum atomic E-state index is -4.58. The quantitative estimate of drug-likeness (QED) is 0.206. The highest BCUT2D eigenvalue weighted by molar-refractivity contribution is 7.92. The van der Waals surface area contributed by atoms with E-state index in [0.717, 1.165) is 0 Å². The van der Waals surface area contributed by atoms with E-state index >= 15 is 0 Å². The molecule has 1 fully saturated rings. The van der Waals surface area contributed by atoms with E-state index in [0.29, 0.717) is 44.1 Å². The summed E-state index contributed by atoms with van der Waals surface area (Å²) < 4.78 is 53.8. The molecule has 192 valence electrons. The molecule has 3 aliphatic heterocycles. The van der Waals surface area contributed by atoms with Crippen LogP contribution < -0.4 is 31.5 Å². The Morgan fingerprint density at radius 2 is 1.91 bits per heavy atom. The van der Waals surface area contributed by atoms with Gasteiger partial charge in [0.25, 0.3) is 0 Å². The molecule has 1 atom stereocenters. The first-order valence-electron chi connectivity index (χ1n) is 10.8. The van der Waals surface area contributed by atoms with Crippen molar-refractivity contribution < 1.29 is 21.9 Å². The van der Waals surface area contributed by atoms with Crippen molar-refractivity contribution in [3.63, 3.8) is 0 Å². The average molecular weight is 529 g/mol. The number of amidine groups is 1. The number of nitrogens with zero attached hydrogens (tertiary/aromatic N) is 5. The van der Waals surface area contributed by atoms with Crippen molar-refractivity contribution >= 4 is 37.5 Å². The number of aliphatic hydroxyl groups excluding tert-OH is 1.